The molecule has 38 heteroatoms. The Morgan fingerprint density at radius 3 is 1.46 bits per heavy atom. The molecule has 2 aliphatic rings. The van der Waals surface area contributed by atoms with Crippen LogP contribution < -0.4 is 97.4 Å². The molecular weight excluding hydrogens is 1380 g/mol. The molecule has 106 heavy (non-hydrogen) atoms. The third kappa shape index (κ3) is 34.1. The molecule has 0 aromatic carbocycles. The summed E-state index contributed by atoms with van der Waals surface area (Å²) >= 11 is 0. The molecule has 0 bridgehead atoms. The second-order valence-electron chi connectivity index (χ2n) is 28.7. The van der Waals surface area contributed by atoms with Gasteiger partial charge in [0.2, 0.25) is 82.7 Å². The Morgan fingerprint density at radius 2 is 0.925 bits per heavy atom. The van der Waals surface area contributed by atoms with Gasteiger partial charge in [0.15, 0.2) is 5.96 Å². The van der Waals surface area contributed by atoms with Crippen LogP contribution in [0.25, 0.3) is 0 Å². The quantitative estimate of drug-likeness (QED) is 0.0153. The van der Waals surface area contributed by atoms with E-state index in [-0.39, 0.29) is 94.1 Å². The number of nitrogens with two attached hydrogens (primary N) is 4. The Kier molecular flexibility index (Phi) is 42.5. The van der Waals surface area contributed by atoms with Gasteiger partial charge >= 0.3 is 5.97 Å². The van der Waals surface area contributed by atoms with E-state index in [1.807, 2.05) is 13.8 Å². The molecule has 2 saturated heterocycles. The van der Waals surface area contributed by atoms with E-state index in [0.717, 1.165) is 6.42 Å². The number of hydrogen-bond donors (Lipinski definition) is 21. The number of nitrogens with zero attached hydrogens (tertiary/aromatic N) is 2. The normalized spacial score (nSPS) is 17.6. The predicted octanol–water partition coefficient (Wildman–Crippen LogP) is -6.10. The average Bonchev–Trinajstić information content (AvgIpc) is 1.64. The maximum absolute atomic E-state index is 14.2. The van der Waals surface area contributed by atoms with Crippen molar-refractivity contribution in [2.45, 2.75) is 257 Å². The SMILES string of the molecule is CC(C)CC(NC(=O)C1CCCN1)C(=O)NC(C)C(=O)NC(CCCN=C(N)N)C(=O)NC(C(=O)NC(CC(C)C)C(=O)NC(CO)C(=O)NC(C(=O)NC(C)C(=O)NCC(=O)NC(CC(C)C)C(=O)N1CCCC1C(=O)NCC(=O)NC(CCCCN)C(=O)NC(CCCCN)C(=O)O)C(C)C)C(C)O. The number of carboxylic acid groups (broad SMARTS) is 1. The first kappa shape index (κ1) is 93.2. The largest absolute Gasteiger partial charge is 0.480 e. The molecular formula is C68H122N20O18. The smallest absolute Gasteiger partial charge is 0.326 e. The first-order chi connectivity index (χ1) is 49.8. The number of aliphatic imine (C=N–C) groups is 1. The lowest BCUT2D eigenvalue weighted by molar-refractivity contribution is -0.142. The van der Waals surface area contributed by atoms with E-state index in [0.29, 0.717) is 58.2 Å². The molecule has 14 amide bonds. The summed E-state index contributed by atoms with van der Waals surface area (Å²) in [7, 11) is 0. The van der Waals surface area contributed by atoms with Gasteiger partial charge in [-0.1, -0.05) is 55.4 Å². The fourth-order valence-corrected chi connectivity index (χ4v) is 11.7. The molecule has 0 radical (unpaired) electrons. The topological polar surface area (TPSA) is 605 Å². The fourth-order valence-electron chi connectivity index (χ4n) is 11.7. The van der Waals surface area contributed by atoms with Gasteiger partial charge in [0.1, 0.15) is 72.5 Å². The molecule has 0 spiro atoms. The van der Waals surface area contributed by atoms with Gasteiger partial charge < -0.3 is 118 Å². The Morgan fingerprint density at radius 1 is 0.472 bits per heavy atom. The van der Waals surface area contributed by atoms with Crippen molar-refractivity contribution in [2.24, 2.45) is 51.6 Å². The highest BCUT2D eigenvalue weighted by atomic mass is 16.4. The van der Waals surface area contributed by atoms with Crippen molar-refractivity contribution in [3.63, 3.8) is 0 Å². The highest BCUT2D eigenvalue weighted by Crippen LogP contribution is 2.21. The first-order valence-corrected chi connectivity index (χ1v) is 36.7. The van der Waals surface area contributed by atoms with Gasteiger partial charge in [0.25, 0.3) is 0 Å². The van der Waals surface area contributed by atoms with Crippen molar-refractivity contribution >= 4 is 94.6 Å². The molecule has 14 unspecified atom stereocenters. The van der Waals surface area contributed by atoms with E-state index in [1.165, 1.54) is 25.7 Å². The number of carbonyl (C=O) groups excluding carboxylic acids is 14. The Balaban J connectivity index is 2.15. The van der Waals surface area contributed by atoms with Crippen LogP contribution in [0.2, 0.25) is 0 Å². The zero-order valence-corrected chi connectivity index (χ0v) is 63.3. The molecule has 2 aliphatic heterocycles. The standard InChI is InChI=1S/C68H122N20O18/c1-35(2)29-46(83-57(95)42-21-16-26-73-42)60(98)77-40(10)56(94)81-44(22-17-27-74-68(71)72)59(97)87-54(41(11)90)65(103)84-47(30-36(3)4)61(99)85-49(34-89)62(100)86-53(38(7)8)64(102)78-39(9)55(93)75-32-52(92)80-48(31-37(5)6)66(104)88-28-18-23-50(88)63(101)76-33-51(91)79-43(19-12-14-24-69)58(96)82-45(67(105)106)20-13-15-25-70/h35-50,53-54,73,89-90H,12-34,69-70H2,1-11H3,(H,75,93)(H,76,101)(H,77,98)(H,78,102)(H,79,91)(H,80,92)(H,81,94)(H,82,96)(H,83,95)(H,84,103)(H,85,99)(H,86,100)(H,87,97)(H,105,106)(H4,71,72,74). The number of nitrogens with one attached hydrogen (secondary N) is 14. The highest BCUT2D eigenvalue weighted by Gasteiger charge is 2.40. The van der Waals surface area contributed by atoms with Crippen molar-refractivity contribution < 1.29 is 87.2 Å². The Labute approximate surface area is 620 Å². The first-order valence-electron chi connectivity index (χ1n) is 36.7. The van der Waals surface area contributed by atoms with Gasteiger partial charge in [-0.3, -0.25) is 72.1 Å². The molecule has 25 N–H and O–H groups in total. The third-order valence-corrected chi connectivity index (χ3v) is 17.4. The molecule has 2 rings (SSSR count). The van der Waals surface area contributed by atoms with Crippen LogP contribution >= 0.6 is 0 Å². The molecule has 0 aromatic heterocycles. The maximum Gasteiger partial charge on any atom is 0.326 e. The summed E-state index contributed by atoms with van der Waals surface area (Å²) < 4.78 is 0. The van der Waals surface area contributed by atoms with Crippen LogP contribution in [0.4, 0.5) is 0 Å². The average molecular weight is 1510 g/mol. The van der Waals surface area contributed by atoms with Crippen LogP contribution in [0.1, 0.15) is 172 Å². The lowest BCUT2D eigenvalue weighted by Gasteiger charge is -2.29. The molecule has 0 aromatic rings. The fraction of sp³-hybridized carbons (Fsp3) is 0.765. The monoisotopic (exact) mass is 1510 g/mol. The number of guanidine groups is 1. The lowest BCUT2D eigenvalue weighted by Crippen LogP contribution is -2.62. The Hall–Kier alpha value is -8.88. The number of hydrogen-bond acceptors (Lipinski definition) is 21. The number of rotatable bonds is 49. The van der Waals surface area contributed by atoms with Gasteiger partial charge in [-0.2, -0.15) is 0 Å². The molecule has 0 aliphatic carbocycles. The molecule has 14 atom stereocenters. The van der Waals surface area contributed by atoms with E-state index in [1.54, 1.807) is 41.5 Å². The molecule has 602 valence electrons. The van der Waals surface area contributed by atoms with Crippen molar-refractivity contribution in [2.75, 3.05) is 52.4 Å². The van der Waals surface area contributed by atoms with E-state index >= 15 is 0 Å². The summed E-state index contributed by atoms with van der Waals surface area (Å²) in [6, 6.07) is -16.5. The zero-order chi connectivity index (χ0) is 80.1. The van der Waals surface area contributed by atoms with Crippen molar-refractivity contribution in [1.29, 1.82) is 0 Å². The van der Waals surface area contributed by atoms with Crippen molar-refractivity contribution in [1.82, 2.24) is 79.3 Å². The van der Waals surface area contributed by atoms with Gasteiger partial charge in [-0.15, -0.1) is 0 Å². The van der Waals surface area contributed by atoms with Crippen LogP contribution in [0.15, 0.2) is 4.99 Å². The summed E-state index contributed by atoms with van der Waals surface area (Å²) in [5.74, 6) is -14.0. The number of amides is 14. The zero-order valence-electron chi connectivity index (χ0n) is 63.3. The van der Waals surface area contributed by atoms with Crippen LogP contribution in [-0.4, -0.2) is 252 Å². The van der Waals surface area contributed by atoms with Crippen LogP contribution in [0, 0.1) is 23.7 Å². The molecule has 2 fully saturated rings. The van der Waals surface area contributed by atoms with Gasteiger partial charge in [0.05, 0.1) is 31.8 Å². The molecule has 0 saturated carbocycles. The maximum atomic E-state index is 14.2. The second kappa shape index (κ2) is 48.3. The summed E-state index contributed by atoms with van der Waals surface area (Å²) in [5.41, 5.74) is 22.2. The number of aliphatic hydroxyl groups excluding tert-OH is 2. The van der Waals surface area contributed by atoms with E-state index in [2.05, 4.69) is 79.4 Å². The lowest BCUT2D eigenvalue weighted by atomic mass is 10.0. The molecule has 38 nitrogen and oxygen atoms in total. The van der Waals surface area contributed by atoms with E-state index in [4.69, 9.17) is 22.9 Å². The minimum absolute atomic E-state index is 0.00982. The van der Waals surface area contributed by atoms with Crippen molar-refractivity contribution in [3.8, 4) is 0 Å². The second-order valence-corrected chi connectivity index (χ2v) is 28.7. The summed E-state index contributed by atoms with van der Waals surface area (Å²) in [6.45, 7) is 16.8. The number of aliphatic carboxylic acids is 1. The van der Waals surface area contributed by atoms with Crippen molar-refractivity contribution in [3.05, 3.63) is 0 Å². The summed E-state index contributed by atoms with van der Waals surface area (Å²) in [5, 5.41) is 66.9. The number of likely N-dealkylation sites (tertiary alicyclic amines) is 1. The van der Waals surface area contributed by atoms with E-state index in [9.17, 15) is 87.2 Å². The number of carboxylic acids is 1. The number of unbranched alkanes of at least 4 members (excludes halogenated alkanes) is 2. The van der Waals surface area contributed by atoms with Gasteiger partial charge in [-0.05, 0) is 160 Å². The predicted molar refractivity (Wildman–Crippen MR) is 390 cm³/mol. The minimum atomic E-state index is -1.78. The van der Waals surface area contributed by atoms with Crippen LogP contribution in [0.3, 0.4) is 0 Å². The summed E-state index contributed by atoms with van der Waals surface area (Å²) in [6.07, 6.45) is 2.76. The molecule has 2 heterocycles. The minimum Gasteiger partial charge on any atom is -0.480 e. The Bertz CT molecular complexity index is 2960. The van der Waals surface area contributed by atoms with Gasteiger partial charge in [-0.25, -0.2) is 4.79 Å². The van der Waals surface area contributed by atoms with E-state index < -0.39 is 193 Å². The third-order valence-electron chi connectivity index (χ3n) is 17.4. The number of aliphatic hydroxyl groups is 2. The van der Waals surface area contributed by atoms with Crippen LogP contribution in [-0.2, 0) is 71.9 Å². The highest BCUT2D eigenvalue weighted by molar-refractivity contribution is 6.00. The summed E-state index contributed by atoms with van der Waals surface area (Å²) in [4.78, 5) is 208. The van der Waals surface area contributed by atoms with Crippen LogP contribution in [0.5, 0.6) is 0 Å². The van der Waals surface area contributed by atoms with Gasteiger partial charge in [0, 0.05) is 13.1 Å². The number of carbonyl (C=O) groups is 15.